The molecule has 0 aliphatic carbocycles. The van der Waals surface area contributed by atoms with Gasteiger partial charge >= 0.3 is 0 Å². The van der Waals surface area contributed by atoms with Gasteiger partial charge in [-0.05, 0) is 56.6 Å². The van der Waals surface area contributed by atoms with Crippen LogP contribution in [0.15, 0.2) is 60.7 Å². The van der Waals surface area contributed by atoms with E-state index in [2.05, 4.69) is 5.32 Å². The number of anilines is 1. The van der Waals surface area contributed by atoms with Crippen LogP contribution in [0.25, 0.3) is 0 Å². The molecule has 4 heteroatoms. The summed E-state index contributed by atoms with van der Waals surface area (Å²) in [5, 5.41) is 3.40. The maximum Gasteiger partial charge on any atom is 0.258 e. The molecule has 2 aromatic carbocycles. The second kappa shape index (κ2) is 6.98. The van der Waals surface area contributed by atoms with Gasteiger partial charge in [-0.25, -0.2) is 0 Å². The molecule has 2 fully saturated rings. The first-order valence-corrected chi connectivity index (χ1v) is 9.06. The monoisotopic (exact) mass is 336 g/mol. The summed E-state index contributed by atoms with van der Waals surface area (Å²) in [6, 6.07) is 19.6. The summed E-state index contributed by atoms with van der Waals surface area (Å²) in [5.74, 6) is 0.0476. The van der Waals surface area contributed by atoms with E-state index in [0.29, 0.717) is 6.61 Å². The van der Waals surface area contributed by atoms with Gasteiger partial charge in [0.2, 0.25) is 0 Å². The maximum absolute atomic E-state index is 13.3. The standard InChI is InChI=1S/C21H24N2O2/c24-20(17-7-3-1-4-8-17)23(18-9-5-2-6-10-18)19-15-21(25-16-19)11-13-22-14-12-21/h1-10,19,22H,11-16H2. The molecule has 1 atom stereocenters. The van der Waals surface area contributed by atoms with E-state index in [1.54, 1.807) is 0 Å². The Morgan fingerprint density at radius 2 is 1.64 bits per heavy atom. The first kappa shape index (κ1) is 16.3. The van der Waals surface area contributed by atoms with Crippen molar-refractivity contribution in [3.05, 3.63) is 66.2 Å². The predicted molar refractivity (Wildman–Crippen MR) is 98.9 cm³/mol. The lowest BCUT2D eigenvalue weighted by Crippen LogP contribution is -2.44. The number of ether oxygens (including phenoxy) is 1. The van der Waals surface area contributed by atoms with E-state index in [1.807, 2.05) is 65.6 Å². The fourth-order valence-electron chi connectivity index (χ4n) is 4.02. The number of hydrogen-bond donors (Lipinski definition) is 1. The van der Waals surface area contributed by atoms with Gasteiger partial charge in [0.1, 0.15) is 0 Å². The fraction of sp³-hybridized carbons (Fsp3) is 0.381. The van der Waals surface area contributed by atoms with Gasteiger partial charge in [-0.3, -0.25) is 4.79 Å². The van der Waals surface area contributed by atoms with Crippen LogP contribution in [0.4, 0.5) is 5.69 Å². The highest BCUT2D eigenvalue weighted by Gasteiger charge is 2.44. The number of piperidine rings is 1. The van der Waals surface area contributed by atoms with E-state index in [9.17, 15) is 4.79 Å². The van der Waals surface area contributed by atoms with Crippen molar-refractivity contribution in [3.63, 3.8) is 0 Å². The van der Waals surface area contributed by atoms with Gasteiger partial charge in [-0.1, -0.05) is 36.4 Å². The van der Waals surface area contributed by atoms with E-state index < -0.39 is 0 Å². The molecule has 0 saturated carbocycles. The molecule has 2 aliphatic heterocycles. The number of benzene rings is 2. The summed E-state index contributed by atoms with van der Waals surface area (Å²) in [5.41, 5.74) is 1.59. The van der Waals surface area contributed by atoms with Crippen molar-refractivity contribution in [2.24, 2.45) is 0 Å². The van der Waals surface area contributed by atoms with Crippen molar-refractivity contribution < 1.29 is 9.53 Å². The first-order valence-electron chi connectivity index (χ1n) is 9.06. The quantitative estimate of drug-likeness (QED) is 0.935. The van der Waals surface area contributed by atoms with Crippen LogP contribution in [0, 0.1) is 0 Å². The van der Waals surface area contributed by atoms with E-state index >= 15 is 0 Å². The van der Waals surface area contributed by atoms with Crippen molar-refractivity contribution in [2.45, 2.75) is 30.9 Å². The zero-order chi connectivity index (χ0) is 17.1. The van der Waals surface area contributed by atoms with Gasteiger partial charge in [0.15, 0.2) is 0 Å². The summed E-state index contributed by atoms with van der Waals surface area (Å²) in [4.78, 5) is 15.2. The molecule has 0 radical (unpaired) electrons. The topological polar surface area (TPSA) is 41.6 Å². The van der Waals surface area contributed by atoms with Gasteiger partial charge in [0.05, 0.1) is 18.2 Å². The zero-order valence-electron chi connectivity index (χ0n) is 14.4. The van der Waals surface area contributed by atoms with Crippen molar-refractivity contribution in [1.82, 2.24) is 5.32 Å². The first-order chi connectivity index (χ1) is 12.3. The van der Waals surface area contributed by atoms with E-state index in [4.69, 9.17) is 4.74 Å². The van der Waals surface area contributed by atoms with Crippen molar-refractivity contribution in [2.75, 3.05) is 24.6 Å². The number of nitrogens with one attached hydrogen (secondary N) is 1. The molecule has 2 aliphatic rings. The smallest absolute Gasteiger partial charge is 0.258 e. The molecule has 130 valence electrons. The van der Waals surface area contributed by atoms with Crippen LogP contribution in [0.5, 0.6) is 0 Å². The normalized spacial score (nSPS) is 22.0. The SMILES string of the molecule is O=C(c1ccccc1)N(c1ccccc1)C1COC2(CCNCC2)C1. The molecule has 25 heavy (non-hydrogen) atoms. The van der Waals surface area contributed by atoms with Gasteiger partial charge in [0, 0.05) is 11.3 Å². The molecule has 2 aromatic rings. The van der Waals surface area contributed by atoms with Crippen LogP contribution in [-0.4, -0.2) is 37.2 Å². The largest absolute Gasteiger partial charge is 0.373 e. The van der Waals surface area contributed by atoms with Crippen LogP contribution >= 0.6 is 0 Å². The molecule has 1 unspecified atom stereocenters. The fourth-order valence-corrected chi connectivity index (χ4v) is 4.02. The minimum absolute atomic E-state index is 0.0476. The Bertz CT molecular complexity index is 711. The van der Waals surface area contributed by atoms with Crippen LogP contribution in [-0.2, 0) is 4.74 Å². The second-order valence-corrected chi connectivity index (χ2v) is 6.98. The van der Waals surface area contributed by atoms with Crippen LogP contribution in [0.2, 0.25) is 0 Å². The Hall–Kier alpha value is -2.17. The molecule has 2 heterocycles. The van der Waals surface area contributed by atoms with Crippen molar-refractivity contribution >= 4 is 11.6 Å². The molecular formula is C21H24N2O2. The maximum atomic E-state index is 13.3. The third-order valence-electron chi connectivity index (χ3n) is 5.34. The van der Waals surface area contributed by atoms with Gasteiger partial charge in [-0.2, -0.15) is 0 Å². The van der Waals surface area contributed by atoms with Crippen LogP contribution < -0.4 is 10.2 Å². The van der Waals surface area contributed by atoms with Gasteiger partial charge in [0.25, 0.3) is 5.91 Å². The molecule has 1 N–H and O–H groups in total. The molecule has 1 amide bonds. The molecular weight excluding hydrogens is 312 g/mol. The Labute approximate surface area is 148 Å². The van der Waals surface area contributed by atoms with Gasteiger partial charge in [-0.15, -0.1) is 0 Å². The summed E-state index contributed by atoms with van der Waals surface area (Å²) < 4.78 is 6.25. The summed E-state index contributed by atoms with van der Waals surface area (Å²) in [6.07, 6.45) is 2.94. The minimum atomic E-state index is -0.0695. The van der Waals surface area contributed by atoms with E-state index in [-0.39, 0.29) is 17.6 Å². The summed E-state index contributed by atoms with van der Waals surface area (Å²) in [7, 11) is 0. The number of carbonyl (C=O) groups is 1. The number of carbonyl (C=O) groups excluding carboxylic acids is 1. The number of amides is 1. The van der Waals surface area contributed by atoms with Crippen LogP contribution in [0.1, 0.15) is 29.6 Å². The van der Waals surface area contributed by atoms with E-state index in [0.717, 1.165) is 43.6 Å². The third kappa shape index (κ3) is 3.32. The highest BCUT2D eigenvalue weighted by molar-refractivity contribution is 6.06. The Balaban J connectivity index is 1.63. The molecule has 2 saturated heterocycles. The average Bonchev–Trinajstić information content (AvgIpc) is 3.07. The molecule has 4 rings (SSSR count). The number of nitrogens with zero attached hydrogens (tertiary/aromatic N) is 1. The lowest BCUT2D eigenvalue weighted by atomic mass is 9.87. The molecule has 1 spiro atoms. The third-order valence-corrected chi connectivity index (χ3v) is 5.34. The molecule has 0 bridgehead atoms. The Kier molecular flexibility index (Phi) is 4.55. The minimum Gasteiger partial charge on any atom is -0.373 e. The second-order valence-electron chi connectivity index (χ2n) is 6.98. The van der Waals surface area contributed by atoms with Gasteiger partial charge < -0.3 is 15.0 Å². The molecule has 0 aromatic heterocycles. The summed E-state index contributed by atoms with van der Waals surface area (Å²) >= 11 is 0. The number of rotatable bonds is 3. The number of para-hydroxylation sites is 1. The van der Waals surface area contributed by atoms with Crippen molar-refractivity contribution in [3.8, 4) is 0 Å². The lowest BCUT2D eigenvalue weighted by Gasteiger charge is -2.34. The average molecular weight is 336 g/mol. The lowest BCUT2D eigenvalue weighted by molar-refractivity contribution is -0.0193. The number of hydrogen-bond acceptors (Lipinski definition) is 3. The van der Waals surface area contributed by atoms with Crippen molar-refractivity contribution in [1.29, 1.82) is 0 Å². The highest BCUT2D eigenvalue weighted by Crippen LogP contribution is 2.37. The summed E-state index contributed by atoms with van der Waals surface area (Å²) in [6.45, 7) is 2.59. The Morgan fingerprint density at radius 1 is 1.00 bits per heavy atom. The zero-order valence-corrected chi connectivity index (χ0v) is 14.4. The Morgan fingerprint density at radius 3 is 2.32 bits per heavy atom. The van der Waals surface area contributed by atoms with Crippen LogP contribution in [0.3, 0.4) is 0 Å². The molecule has 4 nitrogen and oxygen atoms in total. The van der Waals surface area contributed by atoms with E-state index in [1.165, 1.54) is 0 Å². The predicted octanol–water partition coefficient (Wildman–Crippen LogP) is 3.24. The highest BCUT2D eigenvalue weighted by atomic mass is 16.5.